The van der Waals surface area contributed by atoms with Crippen molar-refractivity contribution in [2.75, 3.05) is 5.73 Å². The molecule has 0 aliphatic carbocycles. The summed E-state index contributed by atoms with van der Waals surface area (Å²) in [7, 11) is 0. The van der Waals surface area contributed by atoms with E-state index in [2.05, 4.69) is 11.0 Å². The highest BCUT2D eigenvalue weighted by atomic mass is 15.3. The van der Waals surface area contributed by atoms with Crippen molar-refractivity contribution in [3.05, 3.63) is 24.4 Å². The van der Waals surface area contributed by atoms with Gasteiger partial charge in [0, 0.05) is 11.1 Å². The molecule has 0 fully saturated rings. The van der Waals surface area contributed by atoms with E-state index in [9.17, 15) is 0 Å². The number of anilines is 1. The van der Waals surface area contributed by atoms with E-state index in [1.807, 2.05) is 25.1 Å². The summed E-state index contributed by atoms with van der Waals surface area (Å²) in [6.45, 7) is 1.93. The highest BCUT2D eigenvalue weighted by molar-refractivity contribution is 5.82. The fourth-order valence-corrected chi connectivity index (χ4v) is 1.43. The van der Waals surface area contributed by atoms with Crippen molar-refractivity contribution in [1.29, 1.82) is 0 Å². The van der Waals surface area contributed by atoms with E-state index >= 15 is 0 Å². The Balaban J connectivity index is 2.68. The van der Waals surface area contributed by atoms with Crippen LogP contribution >= 0.6 is 0 Å². The normalized spacial score (nSPS) is 12.6. The zero-order valence-electron chi connectivity index (χ0n) is 7.94. The topological polar surface area (TPSA) is 43.8 Å². The van der Waals surface area contributed by atoms with Crippen molar-refractivity contribution in [1.82, 2.24) is 9.78 Å². The molecule has 2 aromatic rings. The number of nitrogens with zero attached hydrogens (tertiary/aromatic N) is 2. The summed E-state index contributed by atoms with van der Waals surface area (Å²) in [5.74, 6) is 2.64. The second-order valence-corrected chi connectivity index (χ2v) is 3.25. The summed E-state index contributed by atoms with van der Waals surface area (Å²) in [6.07, 6.45) is 7.14. The smallest absolute Gasteiger partial charge is 0.110 e. The van der Waals surface area contributed by atoms with Gasteiger partial charge in [-0.25, -0.2) is 0 Å². The van der Waals surface area contributed by atoms with Gasteiger partial charge >= 0.3 is 0 Å². The average molecular weight is 185 g/mol. The van der Waals surface area contributed by atoms with E-state index in [1.54, 1.807) is 10.9 Å². The van der Waals surface area contributed by atoms with Crippen molar-refractivity contribution in [3.8, 4) is 12.3 Å². The van der Waals surface area contributed by atoms with Crippen LogP contribution in [0.15, 0.2) is 24.4 Å². The number of hydrogen-bond donors (Lipinski definition) is 1. The summed E-state index contributed by atoms with van der Waals surface area (Å²) in [4.78, 5) is 0. The standard InChI is InChI=1S/C11H11N3/c1-3-8(2)14-11-6-10(12)5-4-9(11)7-13-14/h1,4-8H,12H2,2H3/t8-/m0/s1. The Kier molecular flexibility index (Phi) is 1.90. The lowest BCUT2D eigenvalue weighted by Crippen LogP contribution is -2.03. The predicted octanol–water partition coefficient (Wildman–Crippen LogP) is 1.81. The lowest BCUT2D eigenvalue weighted by molar-refractivity contribution is 0.618. The first-order chi connectivity index (χ1) is 6.72. The molecular formula is C11H11N3. The molecule has 1 aromatic heterocycles. The first kappa shape index (κ1) is 8.64. The third-order valence-electron chi connectivity index (χ3n) is 2.23. The summed E-state index contributed by atoms with van der Waals surface area (Å²) in [6, 6.07) is 5.64. The van der Waals surface area contributed by atoms with E-state index in [0.29, 0.717) is 0 Å². The molecule has 1 heterocycles. The van der Waals surface area contributed by atoms with Crippen molar-refractivity contribution >= 4 is 16.6 Å². The third kappa shape index (κ3) is 1.21. The molecule has 2 N–H and O–H groups in total. The molecule has 0 aliphatic rings. The third-order valence-corrected chi connectivity index (χ3v) is 2.23. The summed E-state index contributed by atoms with van der Waals surface area (Å²) in [5.41, 5.74) is 7.41. The van der Waals surface area contributed by atoms with Crippen molar-refractivity contribution in [3.63, 3.8) is 0 Å². The van der Waals surface area contributed by atoms with Crippen LogP contribution in [0.3, 0.4) is 0 Å². The summed E-state index contributed by atoms with van der Waals surface area (Å²) in [5, 5.41) is 5.28. The van der Waals surface area contributed by atoms with Crippen LogP contribution in [-0.2, 0) is 0 Å². The Morgan fingerprint density at radius 1 is 1.57 bits per heavy atom. The minimum atomic E-state index is -0.0469. The molecule has 0 saturated carbocycles. The quantitative estimate of drug-likeness (QED) is 0.544. The molecule has 70 valence electrons. The van der Waals surface area contributed by atoms with E-state index in [1.165, 1.54) is 0 Å². The first-order valence-electron chi connectivity index (χ1n) is 4.41. The molecule has 14 heavy (non-hydrogen) atoms. The largest absolute Gasteiger partial charge is 0.399 e. The number of terminal acetylenes is 1. The maximum Gasteiger partial charge on any atom is 0.110 e. The molecule has 0 aliphatic heterocycles. The maximum absolute atomic E-state index is 5.70. The number of nitrogens with two attached hydrogens (primary N) is 1. The molecule has 0 spiro atoms. The van der Waals surface area contributed by atoms with Gasteiger partial charge in [-0.05, 0) is 25.1 Å². The molecule has 1 atom stereocenters. The van der Waals surface area contributed by atoms with Crippen molar-refractivity contribution in [2.24, 2.45) is 0 Å². The lowest BCUT2D eigenvalue weighted by Gasteiger charge is -2.06. The van der Waals surface area contributed by atoms with Crippen molar-refractivity contribution < 1.29 is 0 Å². The number of fused-ring (bicyclic) bond motifs is 1. The monoisotopic (exact) mass is 185 g/mol. The summed E-state index contributed by atoms with van der Waals surface area (Å²) >= 11 is 0. The Morgan fingerprint density at radius 2 is 2.36 bits per heavy atom. The highest BCUT2D eigenvalue weighted by Crippen LogP contribution is 2.19. The van der Waals surface area contributed by atoms with E-state index < -0.39 is 0 Å². The minimum absolute atomic E-state index is 0.0469. The Bertz CT molecular complexity index is 505. The van der Waals surface area contributed by atoms with Gasteiger partial charge in [0.2, 0.25) is 0 Å². The van der Waals surface area contributed by atoms with E-state index in [-0.39, 0.29) is 6.04 Å². The molecule has 0 saturated heterocycles. The molecular weight excluding hydrogens is 174 g/mol. The first-order valence-corrected chi connectivity index (χ1v) is 4.41. The molecule has 0 amide bonds. The Morgan fingerprint density at radius 3 is 3.07 bits per heavy atom. The molecule has 0 bridgehead atoms. The zero-order chi connectivity index (χ0) is 10.1. The molecule has 0 unspecified atom stereocenters. The predicted molar refractivity (Wildman–Crippen MR) is 57.7 cm³/mol. The number of rotatable bonds is 1. The van der Waals surface area contributed by atoms with Gasteiger partial charge in [0.05, 0.1) is 11.7 Å². The van der Waals surface area contributed by atoms with E-state index in [0.717, 1.165) is 16.6 Å². The molecule has 1 aromatic carbocycles. The number of nitrogen functional groups attached to an aromatic ring is 1. The lowest BCUT2D eigenvalue weighted by atomic mass is 10.2. The highest BCUT2D eigenvalue weighted by Gasteiger charge is 2.06. The second kappa shape index (κ2) is 3.08. The van der Waals surface area contributed by atoms with Crippen LogP contribution in [0.2, 0.25) is 0 Å². The minimum Gasteiger partial charge on any atom is -0.399 e. The van der Waals surface area contributed by atoms with E-state index in [4.69, 9.17) is 12.2 Å². The van der Waals surface area contributed by atoms with Crippen LogP contribution in [-0.4, -0.2) is 9.78 Å². The number of benzene rings is 1. The van der Waals surface area contributed by atoms with Gasteiger partial charge in [-0.2, -0.15) is 5.10 Å². The van der Waals surface area contributed by atoms with Crippen LogP contribution in [0, 0.1) is 12.3 Å². The molecule has 3 nitrogen and oxygen atoms in total. The SMILES string of the molecule is C#C[C@H](C)n1ncc2ccc(N)cc21. The second-order valence-electron chi connectivity index (χ2n) is 3.25. The van der Waals surface area contributed by atoms with Gasteiger partial charge in [0.1, 0.15) is 6.04 Å². The van der Waals surface area contributed by atoms with Crippen LogP contribution in [0.1, 0.15) is 13.0 Å². The van der Waals surface area contributed by atoms with Crippen LogP contribution in [0.5, 0.6) is 0 Å². The van der Waals surface area contributed by atoms with Crippen LogP contribution in [0.25, 0.3) is 10.9 Å². The fourth-order valence-electron chi connectivity index (χ4n) is 1.43. The summed E-state index contributed by atoms with van der Waals surface area (Å²) < 4.78 is 1.80. The van der Waals surface area contributed by atoms with Crippen LogP contribution in [0.4, 0.5) is 5.69 Å². The zero-order valence-corrected chi connectivity index (χ0v) is 7.94. The fraction of sp³-hybridized carbons (Fsp3) is 0.182. The van der Waals surface area contributed by atoms with Gasteiger partial charge in [-0.15, -0.1) is 6.42 Å². The maximum atomic E-state index is 5.70. The van der Waals surface area contributed by atoms with Crippen LogP contribution < -0.4 is 5.73 Å². The Labute approximate surface area is 82.5 Å². The number of aromatic nitrogens is 2. The average Bonchev–Trinajstić information content (AvgIpc) is 2.59. The molecule has 0 radical (unpaired) electrons. The molecule has 2 rings (SSSR count). The van der Waals surface area contributed by atoms with Gasteiger partial charge < -0.3 is 5.73 Å². The van der Waals surface area contributed by atoms with Gasteiger partial charge in [0.25, 0.3) is 0 Å². The number of hydrogen-bond acceptors (Lipinski definition) is 2. The Hall–Kier alpha value is -1.95. The van der Waals surface area contributed by atoms with Crippen molar-refractivity contribution in [2.45, 2.75) is 13.0 Å². The molecule has 3 heteroatoms. The van der Waals surface area contributed by atoms with Gasteiger partial charge in [-0.3, -0.25) is 4.68 Å². The van der Waals surface area contributed by atoms with Gasteiger partial charge in [-0.1, -0.05) is 5.92 Å². The van der Waals surface area contributed by atoms with Gasteiger partial charge in [0.15, 0.2) is 0 Å².